The van der Waals surface area contributed by atoms with Crippen molar-refractivity contribution >= 4 is 27.4 Å². The molecule has 0 aliphatic rings. The van der Waals surface area contributed by atoms with E-state index in [0.29, 0.717) is 0 Å². The van der Waals surface area contributed by atoms with E-state index in [4.69, 9.17) is 5.73 Å². The molecule has 0 fully saturated rings. The van der Waals surface area contributed by atoms with Crippen LogP contribution in [0.3, 0.4) is 0 Å². The molecule has 2 N–H and O–H groups in total. The summed E-state index contributed by atoms with van der Waals surface area (Å²) < 4.78 is 0. The van der Waals surface area contributed by atoms with Crippen LogP contribution in [0.1, 0.15) is 11.8 Å². The van der Waals surface area contributed by atoms with Gasteiger partial charge in [-0.2, -0.15) is 0 Å². The second-order valence-electron chi connectivity index (χ2n) is 2.50. The maximum Gasteiger partial charge on any atom is 0.144 e. The molecule has 12 heavy (non-hydrogen) atoms. The Hall–Kier alpha value is -1.16. The summed E-state index contributed by atoms with van der Waals surface area (Å²) in [5.74, 6) is 0. The highest BCUT2D eigenvalue weighted by atomic mass is 32.1. The van der Waals surface area contributed by atoms with Crippen LogP contribution in [-0.4, -0.2) is 9.97 Å². The first-order valence-corrected chi connectivity index (χ1v) is 4.62. The molecule has 0 saturated heterocycles. The third kappa shape index (κ3) is 0.956. The van der Waals surface area contributed by atoms with Gasteiger partial charge >= 0.3 is 0 Å². The van der Waals surface area contributed by atoms with Gasteiger partial charge in [-0.1, -0.05) is 6.92 Å². The quantitative estimate of drug-likeness (QED) is 0.726. The molecule has 2 aromatic rings. The zero-order valence-corrected chi connectivity index (χ0v) is 7.56. The summed E-state index contributed by atoms with van der Waals surface area (Å²) in [6, 6.07) is 0. The smallest absolute Gasteiger partial charge is 0.144 e. The molecule has 0 aromatic carbocycles. The summed E-state index contributed by atoms with van der Waals surface area (Å²) in [5.41, 5.74) is 7.50. The summed E-state index contributed by atoms with van der Waals surface area (Å²) in [7, 11) is 0. The van der Waals surface area contributed by atoms with Crippen LogP contribution in [0.2, 0.25) is 0 Å². The number of nitrogen functional groups attached to an aromatic ring is 1. The van der Waals surface area contributed by atoms with Gasteiger partial charge in [0.05, 0.1) is 5.69 Å². The van der Waals surface area contributed by atoms with Crippen molar-refractivity contribution in [2.75, 3.05) is 5.73 Å². The number of aryl methyl sites for hydroxylation is 1. The van der Waals surface area contributed by atoms with Gasteiger partial charge < -0.3 is 5.73 Å². The lowest BCUT2D eigenvalue weighted by Crippen LogP contribution is -1.88. The Bertz CT molecular complexity index is 408. The average molecular weight is 179 g/mol. The fourth-order valence-corrected chi connectivity index (χ4v) is 2.11. The highest BCUT2D eigenvalue weighted by Crippen LogP contribution is 2.30. The molecule has 62 valence electrons. The molecule has 0 radical (unpaired) electrons. The number of hydrogen-bond donors (Lipinski definition) is 1. The number of hydrogen-bond acceptors (Lipinski definition) is 4. The molecule has 0 aliphatic carbocycles. The molecular weight excluding hydrogens is 170 g/mol. The van der Waals surface area contributed by atoms with Gasteiger partial charge in [-0.15, -0.1) is 11.3 Å². The first kappa shape index (κ1) is 7.49. The molecule has 0 spiro atoms. The largest absolute Gasteiger partial charge is 0.396 e. The molecule has 0 saturated carbocycles. The van der Waals surface area contributed by atoms with E-state index in [1.165, 1.54) is 4.88 Å². The Labute approximate surface area is 74.3 Å². The summed E-state index contributed by atoms with van der Waals surface area (Å²) in [5, 5.41) is 0. The number of nitrogens with zero attached hydrogens (tertiary/aromatic N) is 2. The predicted molar refractivity (Wildman–Crippen MR) is 51.2 cm³/mol. The van der Waals surface area contributed by atoms with Gasteiger partial charge in [-0.3, -0.25) is 0 Å². The zero-order valence-electron chi connectivity index (χ0n) is 6.74. The Morgan fingerprint density at radius 2 is 2.17 bits per heavy atom. The van der Waals surface area contributed by atoms with Crippen LogP contribution in [0.15, 0.2) is 12.4 Å². The van der Waals surface area contributed by atoms with E-state index in [-0.39, 0.29) is 0 Å². The van der Waals surface area contributed by atoms with Crippen molar-refractivity contribution in [3.05, 3.63) is 17.3 Å². The minimum Gasteiger partial charge on any atom is -0.396 e. The molecule has 2 aromatic heterocycles. The van der Waals surface area contributed by atoms with E-state index in [2.05, 4.69) is 16.9 Å². The van der Waals surface area contributed by atoms with Crippen molar-refractivity contribution in [2.24, 2.45) is 0 Å². The number of nitrogens with two attached hydrogens (primary N) is 1. The molecule has 0 amide bonds. The number of rotatable bonds is 1. The standard InChI is InChI=1S/C8H9N3S/c1-2-5-6(9)7-8(12-5)11-4-3-10-7/h3-4H,2,9H2,1H3. The van der Waals surface area contributed by atoms with Gasteiger partial charge in [0.1, 0.15) is 10.3 Å². The van der Waals surface area contributed by atoms with Crippen molar-refractivity contribution in [2.45, 2.75) is 13.3 Å². The lowest BCUT2D eigenvalue weighted by atomic mass is 10.3. The molecule has 4 heteroatoms. The SMILES string of the molecule is CCc1sc2nccnc2c1N. The molecule has 0 aliphatic heterocycles. The number of thiophene rings is 1. The van der Waals surface area contributed by atoms with E-state index in [9.17, 15) is 0 Å². The molecule has 0 atom stereocenters. The zero-order chi connectivity index (χ0) is 8.55. The third-order valence-corrected chi connectivity index (χ3v) is 3.01. The van der Waals surface area contributed by atoms with Gasteiger partial charge in [0.25, 0.3) is 0 Å². The van der Waals surface area contributed by atoms with Gasteiger partial charge in [-0.25, -0.2) is 9.97 Å². The molecule has 0 unspecified atom stereocenters. The normalized spacial score (nSPS) is 10.8. The molecule has 2 rings (SSSR count). The third-order valence-electron chi connectivity index (χ3n) is 1.76. The maximum absolute atomic E-state index is 5.86. The van der Waals surface area contributed by atoms with Crippen LogP contribution >= 0.6 is 11.3 Å². The average Bonchev–Trinajstić information content (AvgIpc) is 2.44. The van der Waals surface area contributed by atoms with Gasteiger partial charge in [0.2, 0.25) is 0 Å². The van der Waals surface area contributed by atoms with E-state index in [1.807, 2.05) is 0 Å². The first-order valence-electron chi connectivity index (χ1n) is 3.80. The summed E-state index contributed by atoms with van der Waals surface area (Å²) >= 11 is 1.63. The monoisotopic (exact) mass is 179 g/mol. The van der Waals surface area contributed by atoms with Gasteiger partial charge in [0, 0.05) is 17.3 Å². The number of fused-ring (bicyclic) bond motifs is 1. The second-order valence-corrected chi connectivity index (χ2v) is 3.59. The molecule has 0 bridgehead atoms. The fraction of sp³-hybridized carbons (Fsp3) is 0.250. The topological polar surface area (TPSA) is 51.8 Å². The van der Waals surface area contributed by atoms with Crippen LogP contribution in [0.4, 0.5) is 5.69 Å². The first-order chi connectivity index (χ1) is 5.83. The molecular formula is C8H9N3S. The van der Waals surface area contributed by atoms with Crippen LogP contribution in [-0.2, 0) is 6.42 Å². The van der Waals surface area contributed by atoms with E-state index in [1.54, 1.807) is 23.7 Å². The lowest BCUT2D eigenvalue weighted by Gasteiger charge is -1.90. The van der Waals surface area contributed by atoms with Gasteiger partial charge in [-0.05, 0) is 6.42 Å². The minimum absolute atomic E-state index is 0.797. The molecule has 2 heterocycles. The van der Waals surface area contributed by atoms with E-state index < -0.39 is 0 Å². The predicted octanol–water partition coefficient (Wildman–Crippen LogP) is 1.84. The van der Waals surface area contributed by atoms with Crippen molar-refractivity contribution in [3.63, 3.8) is 0 Å². The van der Waals surface area contributed by atoms with Crippen LogP contribution in [0, 0.1) is 0 Å². The second kappa shape index (κ2) is 2.71. The fourth-order valence-electron chi connectivity index (χ4n) is 1.15. The number of aromatic nitrogens is 2. The van der Waals surface area contributed by atoms with Crippen LogP contribution in [0.5, 0.6) is 0 Å². The van der Waals surface area contributed by atoms with Crippen LogP contribution in [0.25, 0.3) is 10.3 Å². The summed E-state index contributed by atoms with van der Waals surface area (Å²) in [6.45, 7) is 2.08. The minimum atomic E-state index is 0.797. The van der Waals surface area contributed by atoms with Crippen molar-refractivity contribution in [1.29, 1.82) is 0 Å². The summed E-state index contributed by atoms with van der Waals surface area (Å²) in [6.07, 6.45) is 4.32. The van der Waals surface area contributed by atoms with Crippen LogP contribution < -0.4 is 5.73 Å². The van der Waals surface area contributed by atoms with Crippen molar-refractivity contribution < 1.29 is 0 Å². The van der Waals surface area contributed by atoms with E-state index >= 15 is 0 Å². The lowest BCUT2D eigenvalue weighted by molar-refractivity contribution is 1.19. The Balaban J connectivity index is 2.78. The highest BCUT2D eigenvalue weighted by Gasteiger charge is 2.08. The van der Waals surface area contributed by atoms with E-state index in [0.717, 1.165) is 22.5 Å². The van der Waals surface area contributed by atoms with Gasteiger partial charge in [0.15, 0.2) is 0 Å². The van der Waals surface area contributed by atoms with Crippen molar-refractivity contribution in [1.82, 2.24) is 9.97 Å². The van der Waals surface area contributed by atoms with Crippen molar-refractivity contribution in [3.8, 4) is 0 Å². The summed E-state index contributed by atoms with van der Waals surface area (Å²) in [4.78, 5) is 10.5. The Morgan fingerprint density at radius 3 is 2.83 bits per heavy atom. The molecule has 3 nitrogen and oxygen atoms in total. The Kier molecular flexibility index (Phi) is 1.69. The highest BCUT2D eigenvalue weighted by molar-refractivity contribution is 7.19. The maximum atomic E-state index is 5.86. The number of anilines is 1. The Morgan fingerprint density at radius 1 is 1.42 bits per heavy atom.